The van der Waals surface area contributed by atoms with E-state index in [9.17, 15) is 0 Å². The summed E-state index contributed by atoms with van der Waals surface area (Å²) in [6.07, 6.45) is 2.89. The highest BCUT2D eigenvalue weighted by molar-refractivity contribution is 7.98. The topological polar surface area (TPSA) is 44.5 Å². The molecule has 0 spiro atoms. The van der Waals surface area contributed by atoms with Crippen molar-refractivity contribution >= 4 is 11.8 Å². The monoisotopic (exact) mass is 241 g/mol. The largest absolute Gasteiger partial charge is 0.493 e. The quantitative estimate of drug-likeness (QED) is 0.804. The SMILES string of the molecule is COc1cc(C[C@@H](C)N)c(SC)cc1OC. The van der Waals surface area contributed by atoms with Crippen LogP contribution in [0.4, 0.5) is 0 Å². The summed E-state index contributed by atoms with van der Waals surface area (Å²) in [5, 5.41) is 0. The molecular weight excluding hydrogens is 222 g/mol. The molecule has 0 radical (unpaired) electrons. The first-order valence-corrected chi connectivity index (χ1v) is 6.39. The van der Waals surface area contributed by atoms with E-state index in [4.69, 9.17) is 15.2 Å². The average molecular weight is 241 g/mol. The molecule has 3 nitrogen and oxygen atoms in total. The second-order valence-electron chi connectivity index (χ2n) is 3.70. The maximum Gasteiger partial charge on any atom is 0.161 e. The summed E-state index contributed by atoms with van der Waals surface area (Å²) in [5.41, 5.74) is 7.04. The average Bonchev–Trinajstić information content (AvgIpc) is 2.27. The van der Waals surface area contributed by atoms with Crippen LogP contribution in [0.3, 0.4) is 0 Å². The first-order chi connectivity index (χ1) is 7.62. The van der Waals surface area contributed by atoms with Crippen LogP contribution < -0.4 is 15.2 Å². The minimum atomic E-state index is 0.143. The predicted octanol–water partition coefficient (Wildman–Crippen LogP) is 2.32. The Labute approximate surface area is 101 Å². The maximum atomic E-state index is 5.83. The van der Waals surface area contributed by atoms with E-state index in [1.807, 2.05) is 25.3 Å². The number of thioether (sulfide) groups is 1. The van der Waals surface area contributed by atoms with Crippen LogP contribution in [0.15, 0.2) is 17.0 Å². The normalized spacial score (nSPS) is 12.3. The highest BCUT2D eigenvalue weighted by Gasteiger charge is 2.11. The molecule has 2 N–H and O–H groups in total. The Morgan fingerprint density at radius 1 is 1.25 bits per heavy atom. The number of nitrogens with two attached hydrogens (primary N) is 1. The van der Waals surface area contributed by atoms with E-state index in [1.54, 1.807) is 26.0 Å². The standard InChI is InChI=1S/C12H19NO2S/c1-8(13)5-9-6-10(14-2)11(15-3)7-12(9)16-4/h6-8H,5,13H2,1-4H3/t8-/m1/s1. The highest BCUT2D eigenvalue weighted by atomic mass is 32.2. The summed E-state index contributed by atoms with van der Waals surface area (Å²) in [6, 6.07) is 4.15. The fourth-order valence-corrected chi connectivity index (χ4v) is 2.23. The number of benzene rings is 1. The zero-order chi connectivity index (χ0) is 12.1. The van der Waals surface area contributed by atoms with Crippen LogP contribution >= 0.6 is 11.8 Å². The van der Waals surface area contributed by atoms with Crippen molar-refractivity contribution in [2.24, 2.45) is 5.73 Å². The van der Waals surface area contributed by atoms with Crippen molar-refractivity contribution in [1.29, 1.82) is 0 Å². The zero-order valence-corrected chi connectivity index (χ0v) is 11.1. The smallest absolute Gasteiger partial charge is 0.161 e. The Morgan fingerprint density at radius 2 is 1.81 bits per heavy atom. The Bertz CT molecular complexity index is 353. The van der Waals surface area contributed by atoms with E-state index in [-0.39, 0.29) is 6.04 Å². The summed E-state index contributed by atoms with van der Waals surface area (Å²) < 4.78 is 10.6. The van der Waals surface area contributed by atoms with Gasteiger partial charge in [-0.15, -0.1) is 11.8 Å². The molecular formula is C12H19NO2S. The molecule has 0 aliphatic carbocycles. The zero-order valence-electron chi connectivity index (χ0n) is 10.2. The predicted molar refractivity (Wildman–Crippen MR) is 68.7 cm³/mol. The third kappa shape index (κ3) is 3.06. The molecule has 1 aromatic rings. The Balaban J connectivity index is 3.15. The number of hydrogen-bond acceptors (Lipinski definition) is 4. The molecule has 16 heavy (non-hydrogen) atoms. The van der Waals surface area contributed by atoms with E-state index < -0.39 is 0 Å². The fourth-order valence-electron chi connectivity index (χ4n) is 1.60. The molecule has 0 aromatic heterocycles. The van der Waals surface area contributed by atoms with Gasteiger partial charge in [-0.05, 0) is 37.3 Å². The van der Waals surface area contributed by atoms with E-state index in [1.165, 1.54) is 10.5 Å². The van der Waals surface area contributed by atoms with Crippen LogP contribution in [0.2, 0.25) is 0 Å². The summed E-state index contributed by atoms with van der Waals surface area (Å²) in [6.45, 7) is 2.00. The van der Waals surface area contributed by atoms with Crippen LogP contribution in [0.1, 0.15) is 12.5 Å². The van der Waals surface area contributed by atoms with Gasteiger partial charge in [0.15, 0.2) is 11.5 Å². The third-order valence-electron chi connectivity index (χ3n) is 2.33. The van der Waals surface area contributed by atoms with Gasteiger partial charge in [0.1, 0.15) is 0 Å². The lowest BCUT2D eigenvalue weighted by molar-refractivity contribution is 0.353. The van der Waals surface area contributed by atoms with Crippen molar-refractivity contribution in [2.75, 3.05) is 20.5 Å². The van der Waals surface area contributed by atoms with E-state index in [2.05, 4.69) is 0 Å². The van der Waals surface area contributed by atoms with Gasteiger partial charge in [0.05, 0.1) is 14.2 Å². The van der Waals surface area contributed by atoms with Gasteiger partial charge in [-0.3, -0.25) is 0 Å². The molecule has 0 fully saturated rings. The van der Waals surface area contributed by atoms with Crippen molar-refractivity contribution in [2.45, 2.75) is 24.3 Å². The minimum absolute atomic E-state index is 0.143. The van der Waals surface area contributed by atoms with Crippen LogP contribution in [0.25, 0.3) is 0 Å². The van der Waals surface area contributed by atoms with Crippen molar-refractivity contribution in [3.8, 4) is 11.5 Å². The van der Waals surface area contributed by atoms with E-state index in [0.29, 0.717) is 0 Å². The number of ether oxygens (including phenoxy) is 2. The van der Waals surface area contributed by atoms with Crippen molar-refractivity contribution in [3.63, 3.8) is 0 Å². The summed E-state index contributed by atoms with van der Waals surface area (Å²) >= 11 is 1.70. The van der Waals surface area contributed by atoms with Crippen LogP contribution in [0, 0.1) is 0 Å². The van der Waals surface area contributed by atoms with Crippen molar-refractivity contribution in [3.05, 3.63) is 17.7 Å². The minimum Gasteiger partial charge on any atom is -0.493 e. The lowest BCUT2D eigenvalue weighted by Crippen LogP contribution is -2.18. The van der Waals surface area contributed by atoms with Gasteiger partial charge in [0, 0.05) is 10.9 Å². The lowest BCUT2D eigenvalue weighted by Gasteiger charge is -2.14. The summed E-state index contributed by atoms with van der Waals surface area (Å²) in [5.74, 6) is 1.52. The Hall–Kier alpha value is -0.870. The molecule has 0 amide bonds. The summed E-state index contributed by atoms with van der Waals surface area (Å²) in [7, 11) is 3.29. The van der Waals surface area contributed by atoms with E-state index in [0.717, 1.165) is 17.9 Å². The molecule has 4 heteroatoms. The van der Waals surface area contributed by atoms with Crippen LogP contribution in [0.5, 0.6) is 11.5 Å². The van der Waals surface area contributed by atoms with Gasteiger partial charge < -0.3 is 15.2 Å². The second-order valence-corrected chi connectivity index (χ2v) is 4.55. The van der Waals surface area contributed by atoms with Crippen LogP contribution in [-0.4, -0.2) is 26.5 Å². The molecule has 1 atom stereocenters. The lowest BCUT2D eigenvalue weighted by atomic mass is 10.1. The molecule has 1 aromatic carbocycles. The molecule has 1 rings (SSSR count). The van der Waals surface area contributed by atoms with Gasteiger partial charge in [-0.1, -0.05) is 0 Å². The van der Waals surface area contributed by atoms with Crippen LogP contribution in [-0.2, 0) is 6.42 Å². The first-order valence-electron chi connectivity index (χ1n) is 5.16. The summed E-state index contributed by atoms with van der Waals surface area (Å²) in [4.78, 5) is 1.19. The van der Waals surface area contributed by atoms with Gasteiger partial charge in [0.2, 0.25) is 0 Å². The Kier molecular flexibility index (Phi) is 4.96. The molecule has 0 heterocycles. The molecule has 0 saturated carbocycles. The number of rotatable bonds is 5. The van der Waals surface area contributed by atoms with Crippen molar-refractivity contribution < 1.29 is 9.47 Å². The highest BCUT2D eigenvalue weighted by Crippen LogP contribution is 2.34. The van der Waals surface area contributed by atoms with Gasteiger partial charge >= 0.3 is 0 Å². The number of methoxy groups -OCH3 is 2. The number of hydrogen-bond donors (Lipinski definition) is 1. The fraction of sp³-hybridized carbons (Fsp3) is 0.500. The Morgan fingerprint density at radius 3 is 2.25 bits per heavy atom. The molecule has 0 aliphatic heterocycles. The molecule has 0 aliphatic rings. The third-order valence-corrected chi connectivity index (χ3v) is 3.15. The molecule has 0 unspecified atom stereocenters. The second kappa shape index (κ2) is 6.01. The van der Waals surface area contributed by atoms with Gasteiger partial charge in [0.25, 0.3) is 0 Å². The van der Waals surface area contributed by atoms with Gasteiger partial charge in [-0.25, -0.2) is 0 Å². The van der Waals surface area contributed by atoms with Crippen molar-refractivity contribution in [1.82, 2.24) is 0 Å². The first kappa shape index (κ1) is 13.2. The van der Waals surface area contributed by atoms with E-state index >= 15 is 0 Å². The molecule has 0 saturated heterocycles. The van der Waals surface area contributed by atoms with Gasteiger partial charge in [-0.2, -0.15) is 0 Å². The molecule has 0 bridgehead atoms. The molecule has 90 valence electrons. The maximum absolute atomic E-state index is 5.83.